The first-order valence-corrected chi connectivity index (χ1v) is 10.3. The summed E-state index contributed by atoms with van der Waals surface area (Å²) in [6, 6.07) is 23.3. The lowest BCUT2D eigenvalue weighted by atomic mass is 9.89. The van der Waals surface area contributed by atoms with E-state index in [2.05, 4.69) is 0 Å². The number of nitrogens with zero attached hydrogens (tertiary/aromatic N) is 2. The number of hydrogen-bond donors (Lipinski definition) is 0. The van der Waals surface area contributed by atoms with Crippen LogP contribution in [-0.4, -0.2) is 32.1 Å². The van der Waals surface area contributed by atoms with E-state index in [1.54, 1.807) is 49.6 Å². The number of fused-ring (bicyclic) bond motifs is 1. The van der Waals surface area contributed by atoms with Crippen molar-refractivity contribution in [3.8, 4) is 11.5 Å². The molecule has 0 aliphatic carbocycles. The van der Waals surface area contributed by atoms with Crippen LogP contribution in [-0.2, 0) is 14.4 Å². The molecule has 0 radical (unpaired) electrons. The zero-order valence-electron chi connectivity index (χ0n) is 17.7. The Morgan fingerprint density at radius 3 is 2.03 bits per heavy atom. The largest absolute Gasteiger partial charge is 0.493 e. The van der Waals surface area contributed by atoms with E-state index < -0.39 is 18.1 Å². The second-order valence-electron chi connectivity index (χ2n) is 7.59. The number of amides is 2. The van der Waals surface area contributed by atoms with Crippen molar-refractivity contribution in [3.63, 3.8) is 0 Å². The van der Waals surface area contributed by atoms with Crippen molar-refractivity contribution in [2.75, 3.05) is 24.2 Å². The van der Waals surface area contributed by atoms with Gasteiger partial charge in [-0.3, -0.25) is 14.4 Å². The van der Waals surface area contributed by atoms with Gasteiger partial charge in [0.05, 0.1) is 25.6 Å². The number of rotatable bonds is 5. The van der Waals surface area contributed by atoms with Gasteiger partial charge in [-0.1, -0.05) is 48.5 Å². The van der Waals surface area contributed by atoms with Crippen molar-refractivity contribution in [3.05, 3.63) is 84.4 Å². The maximum Gasteiger partial charge on any atom is 0.266 e. The van der Waals surface area contributed by atoms with E-state index in [4.69, 9.17) is 14.3 Å². The maximum absolute atomic E-state index is 13.6. The molecule has 3 aromatic rings. The number of para-hydroxylation sites is 3. The van der Waals surface area contributed by atoms with Gasteiger partial charge in [0.15, 0.2) is 17.6 Å². The Bertz CT molecular complexity index is 1150. The predicted molar refractivity (Wildman–Crippen MR) is 119 cm³/mol. The minimum absolute atomic E-state index is 0.306. The number of ether oxygens (including phenoxy) is 2. The first-order chi connectivity index (χ1) is 15.7. The molecule has 32 heavy (non-hydrogen) atoms. The summed E-state index contributed by atoms with van der Waals surface area (Å²) in [4.78, 5) is 34.4. The minimum Gasteiger partial charge on any atom is -0.493 e. The van der Waals surface area contributed by atoms with Crippen LogP contribution in [0.4, 0.5) is 11.4 Å². The molecule has 7 nitrogen and oxygen atoms in total. The number of hydroxylamine groups is 1. The van der Waals surface area contributed by atoms with Crippen LogP contribution in [0.2, 0.25) is 0 Å². The molecule has 0 bridgehead atoms. The molecule has 0 spiro atoms. The van der Waals surface area contributed by atoms with E-state index in [1.807, 2.05) is 48.5 Å². The summed E-state index contributed by atoms with van der Waals surface area (Å²) < 4.78 is 11.1. The molecular weight excluding hydrogens is 408 g/mol. The predicted octanol–water partition coefficient (Wildman–Crippen LogP) is 3.75. The minimum atomic E-state index is -0.941. The van der Waals surface area contributed by atoms with Gasteiger partial charge in [0, 0.05) is 5.56 Å². The van der Waals surface area contributed by atoms with Crippen molar-refractivity contribution >= 4 is 23.2 Å². The molecule has 0 aromatic heterocycles. The summed E-state index contributed by atoms with van der Waals surface area (Å²) in [5.41, 5.74) is 1.98. The number of carbonyl (C=O) groups is 2. The molecule has 2 aliphatic heterocycles. The number of hydrogen-bond acceptors (Lipinski definition) is 6. The second-order valence-corrected chi connectivity index (χ2v) is 7.59. The van der Waals surface area contributed by atoms with Crippen LogP contribution >= 0.6 is 0 Å². The van der Waals surface area contributed by atoms with E-state index in [0.717, 1.165) is 5.69 Å². The Hall–Kier alpha value is -3.84. The Morgan fingerprint density at radius 1 is 0.750 bits per heavy atom. The molecule has 162 valence electrons. The van der Waals surface area contributed by atoms with Crippen molar-refractivity contribution < 1.29 is 23.9 Å². The van der Waals surface area contributed by atoms with E-state index in [9.17, 15) is 9.59 Å². The van der Waals surface area contributed by atoms with Gasteiger partial charge in [0.1, 0.15) is 12.0 Å². The van der Waals surface area contributed by atoms with Crippen LogP contribution in [0.1, 0.15) is 11.6 Å². The Labute approximate surface area is 185 Å². The lowest BCUT2D eigenvalue weighted by Crippen LogP contribution is -2.37. The van der Waals surface area contributed by atoms with E-state index in [1.165, 1.54) is 4.90 Å². The highest BCUT2D eigenvalue weighted by Gasteiger charge is 2.60. The molecule has 2 saturated heterocycles. The molecule has 5 rings (SSSR count). The van der Waals surface area contributed by atoms with Gasteiger partial charge in [-0.15, -0.1) is 0 Å². The molecule has 0 saturated carbocycles. The Morgan fingerprint density at radius 2 is 1.41 bits per heavy atom. The molecule has 2 aliphatic rings. The van der Waals surface area contributed by atoms with E-state index in [0.29, 0.717) is 22.7 Å². The van der Waals surface area contributed by atoms with Crippen molar-refractivity contribution in [1.29, 1.82) is 0 Å². The molecule has 3 atom stereocenters. The van der Waals surface area contributed by atoms with Crippen LogP contribution in [0.25, 0.3) is 0 Å². The smallest absolute Gasteiger partial charge is 0.266 e. The molecule has 2 fully saturated rings. The zero-order valence-corrected chi connectivity index (χ0v) is 17.7. The molecule has 2 amide bonds. The van der Waals surface area contributed by atoms with Crippen molar-refractivity contribution in [2.45, 2.75) is 12.1 Å². The first-order valence-electron chi connectivity index (χ1n) is 10.3. The highest BCUT2D eigenvalue weighted by molar-refractivity contribution is 6.23. The highest BCUT2D eigenvalue weighted by Crippen LogP contribution is 2.50. The summed E-state index contributed by atoms with van der Waals surface area (Å²) >= 11 is 0. The van der Waals surface area contributed by atoms with Crippen LogP contribution in [0.5, 0.6) is 11.5 Å². The average Bonchev–Trinajstić information content (AvgIpc) is 3.35. The molecule has 3 aromatic carbocycles. The fourth-order valence-corrected chi connectivity index (χ4v) is 4.51. The van der Waals surface area contributed by atoms with Crippen LogP contribution in [0.15, 0.2) is 78.9 Å². The normalized spacial score (nSPS) is 22.2. The lowest BCUT2D eigenvalue weighted by molar-refractivity contribution is -0.126. The third kappa shape index (κ3) is 3.01. The fourth-order valence-electron chi connectivity index (χ4n) is 4.51. The summed E-state index contributed by atoms with van der Waals surface area (Å²) in [7, 11) is 3.12. The topological polar surface area (TPSA) is 68.3 Å². The van der Waals surface area contributed by atoms with Crippen LogP contribution < -0.4 is 19.4 Å². The summed E-state index contributed by atoms with van der Waals surface area (Å²) in [6.07, 6.45) is -0.941. The van der Waals surface area contributed by atoms with Gasteiger partial charge in [-0.25, -0.2) is 9.96 Å². The second kappa shape index (κ2) is 8.01. The van der Waals surface area contributed by atoms with Crippen molar-refractivity contribution in [2.24, 2.45) is 5.92 Å². The van der Waals surface area contributed by atoms with Gasteiger partial charge in [0.2, 0.25) is 5.91 Å². The lowest BCUT2D eigenvalue weighted by Gasteiger charge is -2.30. The first kappa shape index (κ1) is 20.1. The maximum atomic E-state index is 13.6. The van der Waals surface area contributed by atoms with Gasteiger partial charge in [-0.2, -0.15) is 0 Å². The van der Waals surface area contributed by atoms with Gasteiger partial charge in [0.25, 0.3) is 5.91 Å². The highest BCUT2D eigenvalue weighted by atomic mass is 16.7. The molecule has 7 heteroatoms. The SMILES string of the molecule is COc1cccc([C@@H]2[C@@H]3C(=O)N(c4ccccc4)C(=O)[C@@H]3ON2c2ccccc2)c1OC. The standard InChI is InChI=1S/C25H22N2O5/c1-30-19-15-9-14-18(22(19)31-2)21-20-23(32-27(21)17-12-7-4-8-13-17)25(29)26(24(20)28)16-10-5-3-6-11-16/h3-15,20-21,23H,1-2H3/t20-,21+,23+/m0/s1. The van der Waals surface area contributed by atoms with Gasteiger partial charge >= 0.3 is 0 Å². The summed E-state index contributed by atoms with van der Waals surface area (Å²) in [5, 5.41) is 1.64. The monoisotopic (exact) mass is 430 g/mol. The Balaban J connectivity index is 1.65. The van der Waals surface area contributed by atoms with Crippen molar-refractivity contribution in [1.82, 2.24) is 0 Å². The number of carbonyl (C=O) groups excluding carboxylic acids is 2. The quantitative estimate of drug-likeness (QED) is 0.575. The molecule has 2 heterocycles. The van der Waals surface area contributed by atoms with E-state index >= 15 is 0 Å². The zero-order chi connectivity index (χ0) is 22.2. The number of imide groups is 1. The number of anilines is 2. The third-order valence-corrected chi connectivity index (χ3v) is 5.89. The molecule has 0 unspecified atom stereocenters. The summed E-state index contributed by atoms with van der Waals surface area (Å²) in [6.45, 7) is 0. The average molecular weight is 430 g/mol. The summed E-state index contributed by atoms with van der Waals surface area (Å²) in [5.74, 6) is -0.387. The fraction of sp³-hybridized carbons (Fsp3) is 0.200. The molecule has 0 N–H and O–H groups in total. The number of benzene rings is 3. The van der Waals surface area contributed by atoms with Crippen LogP contribution in [0, 0.1) is 5.92 Å². The van der Waals surface area contributed by atoms with Gasteiger partial charge in [-0.05, 0) is 30.3 Å². The Kier molecular flexibility index (Phi) is 5.03. The van der Waals surface area contributed by atoms with Gasteiger partial charge < -0.3 is 9.47 Å². The number of methoxy groups -OCH3 is 2. The third-order valence-electron chi connectivity index (χ3n) is 5.89. The van der Waals surface area contributed by atoms with E-state index in [-0.39, 0.29) is 11.8 Å². The molecular formula is C25H22N2O5. The van der Waals surface area contributed by atoms with Crippen LogP contribution in [0.3, 0.4) is 0 Å².